The molecule has 7 heteroatoms. The van der Waals surface area contributed by atoms with Gasteiger partial charge < -0.3 is 15.5 Å². The highest BCUT2D eigenvalue weighted by molar-refractivity contribution is 6.44. The second kappa shape index (κ2) is 6.78. The molecule has 1 aromatic carbocycles. The highest BCUT2D eigenvalue weighted by atomic mass is 35.5. The van der Waals surface area contributed by atoms with Crippen LogP contribution < -0.4 is 10.6 Å². The molecule has 0 atom stereocenters. The number of hydrogen-bond donors (Lipinski definition) is 2. The minimum Gasteiger partial charge on any atom is -0.399 e. The van der Waals surface area contributed by atoms with Crippen molar-refractivity contribution >= 4 is 46.1 Å². The van der Waals surface area contributed by atoms with Crippen molar-refractivity contribution in [3.05, 3.63) is 69.5 Å². The molecule has 2 aliphatic rings. The van der Waals surface area contributed by atoms with Crippen LogP contribution in [0, 0.1) is 0 Å². The SMILES string of the molecule is C=C1NC(=C2\C(=O)Nc3cc(Cl)c(Cl)cc32)/C(=N/OC)C/1=C\C=C/C. The highest BCUT2D eigenvalue weighted by Gasteiger charge is 2.35. The lowest BCUT2D eigenvalue weighted by Gasteiger charge is -2.06. The standard InChI is InChI=1S/C18H15Cl2N3O2/c1-4-5-6-10-9(2)21-17(16(10)23-25-3)15-11-7-12(19)13(20)8-14(11)22-18(15)24/h4-8,21H,2H2,1,3H3,(H,22,24)/b5-4-,10-6-,17-15-,23-16+. The van der Waals surface area contributed by atoms with E-state index in [0.717, 1.165) is 5.57 Å². The third-order valence-corrected chi connectivity index (χ3v) is 4.51. The summed E-state index contributed by atoms with van der Waals surface area (Å²) in [7, 11) is 1.45. The maximum Gasteiger partial charge on any atom is 0.258 e. The number of carbonyl (C=O) groups excluding carboxylic acids is 1. The monoisotopic (exact) mass is 375 g/mol. The number of hydrogen-bond acceptors (Lipinski definition) is 4. The van der Waals surface area contributed by atoms with Crippen molar-refractivity contribution in [2.24, 2.45) is 5.16 Å². The van der Waals surface area contributed by atoms with Gasteiger partial charge in [-0.25, -0.2) is 0 Å². The fourth-order valence-corrected chi connectivity index (χ4v) is 3.03. The van der Waals surface area contributed by atoms with Crippen LogP contribution >= 0.6 is 23.2 Å². The van der Waals surface area contributed by atoms with Crippen LogP contribution in [0.2, 0.25) is 10.0 Å². The van der Waals surface area contributed by atoms with Crippen molar-refractivity contribution in [3.8, 4) is 0 Å². The number of amides is 1. The average molecular weight is 376 g/mol. The van der Waals surface area contributed by atoms with Gasteiger partial charge in [0, 0.05) is 16.8 Å². The van der Waals surface area contributed by atoms with Crippen LogP contribution in [0.3, 0.4) is 0 Å². The molecule has 0 radical (unpaired) electrons. The Bertz CT molecular complexity index is 911. The molecule has 2 N–H and O–H groups in total. The number of allylic oxidation sites excluding steroid dienone is 5. The molecule has 1 fully saturated rings. The number of rotatable bonds is 2. The predicted octanol–water partition coefficient (Wildman–Crippen LogP) is 4.28. The van der Waals surface area contributed by atoms with Crippen LogP contribution in [0.25, 0.3) is 5.57 Å². The van der Waals surface area contributed by atoms with Gasteiger partial charge in [0.05, 0.1) is 27.0 Å². The Morgan fingerprint density at radius 2 is 1.96 bits per heavy atom. The van der Waals surface area contributed by atoms with Crippen molar-refractivity contribution in [2.45, 2.75) is 6.92 Å². The van der Waals surface area contributed by atoms with E-state index in [4.69, 9.17) is 28.0 Å². The van der Waals surface area contributed by atoms with Crippen LogP contribution in [-0.4, -0.2) is 18.7 Å². The second-order valence-electron chi connectivity index (χ2n) is 5.35. The molecule has 5 nitrogen and oxygen atoms in total. The summed E-state index contributed by atoms with van der Waals surface area (Å²) in [5, 5.41) is 10.7. The molecule has 0 unspecified atom stereocenters. The van der Waals surface area contributed by atoms with E-state index in [0.29, 0.717) is 44.0 Å². The van der Waals surface area contributed by atoms with Crippen LogP contribution in [0.1, 0.15) is 12.5 Å². The van der Waals surface area contributed by atoms with Gasteiger partial charge in [-0.05, 0) is 19.1 Å². The Balaban J connectivity index is 2.24. The molecule has 2 heterocycles. The molecule has 0 saturated carbocycles. The summed E-state index contributed by atoms with van der Waals surface area (Å²) in [6.07, 6.45) is 5.60. The van der Waals surface area contributed by atoms with E-state index in [1.165, 1.54) is 7.11 Å². The predicted molar refractivity (Wildman–Crippen MR) is 102 cm³/mol. The van der Waals surface area contributed by atoms with Crippen LogP contribution in [-0.2, 0) is 9.63 Å². The molecule has 0 aromatic heterocycles. The van der Waals surface area contributed by atoms with Gasteiger partial charge in [-0.2, -0.15) is 0 Å². The Morgan fingerprint density at radius 3 is 2.64 bits per heavy atom. The fourth-order valence-electron chi connectivity index (χ4n) is 2.71. The molecular weight excluding hydrogens is 361 g/mol. The van der Waals surface area contributed by atoms with Gasteiger partial charge in [-0.3, -0.25) is 4.79 Å². The number of nitrogens with zero attached hydrogens (tertiary/aromatic N) is 1. The van der Waals surface area contributed by atoms with Crippen molar-refractivity contribution in [1.29, 1.82) is 0 Å². The quantitative estimate of drug-likeness (QED) is 0.598. The minimum absolute atomic E-state index is 0.278. The third kappa shape index (κ3) is 2.97. The number of benzene rings is 1. The fraction of sp³-hybridized carbons (Fsp3) is 0.111. The lowest BCUT2D eigenvalue weighted by molar-refractivity contribution is -0.110. The van der Waals surface area contributed by atoms with Crippen LogP contribution in [0.5, 0.6) is 0 Å². The Morgan fingerprint density at radius 1 is 1.24 bits per heavy atom. The number of halogens is 2. The number of nitrogens with one attached hydrogen (secondary N) is 2. The number of carbonyl (C=O) groups is 1. The maximum absolute atomic E-state index is 12.6. The first-order valence-electron chi connectivity index (χ1n) is 7.44. The maximum atomic E-state index is 12.6. The molecule has 1 aromatic rings. The molecule has 1 amide bonds. The Labute approximate surface area is 155 Å². The van der Waals surface area contributed by atoms with Gasteiger partial charge in [0.1, 0.15) is 12.8 Å². The topological polar surface area (TPSA) is 62.7 Å². The first-order chi connectivity index (χ1) is 12.0. The number of anilines is 1. The van der Waals surface area contributed by atoms with Gasteiger partial charge in [-0.1, -0.05) is 53.2 Å². The molecule has 25 heavy (non-hydrogen) atoms. The zero-order valence-electron chi connectivity index (χ0n) is 13.6. The van der Waals surface area contributed by atoms with Crippen LogP contribution in [0.15, 0.2) is 59.1 Å². The van der Waals surface area contributed by atoms with E-state index in [2.05, 4.69) is 22.4 Å². The molecular formula is C18H15Cl2N3O2. The van der Waals surface area contributed by atoms with Gasteiger partial charge in [0.25, 0.3) is 5.91 Å². The Kier molecular flexibility index (Phi) is 4.70. The van der Waals surface area contributed by atoms with Crippen molar-refractivity contribution in [1.82, 2.24) is 5.32 Å². The molecule has 0 aliphatic carbocycles. The Hall–Kier alpha value is -2.50. The summed E-state index contributed by atoms with van der Waals surface area (Å²) >= 11 is 12.2. The second-order valence-corrected chi connectivity index (χ2v) is 6.16. The summed E-state index contributed by atoms with van der Waals surface area (Å²) in [5.74, 6) is -0.278. The molecule has 128 valence electrons. The van der Waals surface area contributed by atoms with Gasteiger partial charge in [0.2, 0.25) is 0 Å². The molecule has 2 aliphatic heterocycles. The van der Waals surface area contributed by atoms with Gasteiger partial charge >= 0.3 is 0 Å². The smallest absolute Gasteiger partial charge is 0.258 e. The van der Waals surface area contributed by atoms with Crippen molar-refractivity contribution in [2.75, 3.05) is 12.4 Å². The van der Waals surface area contributed by atoms with E-state index in [1.807, 2.05) is 25.2 Å². The van der Waals surface area contributed by atoms with Crippen LogP contribution in [0.4, 0.5) is 5.69 Å². The van der Waals surface area contributed by atoms with E-state index in [9.17, 15) is 4.79 Å². The summed E-state index contributed by atoms with van der Waals surface area (Å²) in [6, 6.07) is 3.28. The zero-order valence-corrected chi connectivity index (χ0v) is 15.1. The van der Waals surface area contributed by atoms with E-state index >= 15 is 0 Å². The van der Waals surface area contributed by atoms with E-state index in [1.54, 1.807) is 12.1 Å². The summed E-state index contributed by atoms with van der Waals surface area (Å²) in [6.45, 7) is 5.90. The number of oxime groups is 1. The highest BCUT2D eigenvalue weighted by Crippen LogP contribution is 2.40. The molecule has 3 rings (SSSR count). The van der Waals surface area contributed by atoms with E-state index in [-0.39, 0.29) is 5.91 Å². The van der Waals surface area contributed by atoms with Gasteiger partial charge in [0.15, 0.2) is 0 Å². The van der Waals surface area contributed by atoms with Crippen molar-refractivity contribution in [3.63, 3.8) is 0 Å². The molecule has 1 saturated heterocycles. The lowest BCUT2D eigenvalue weighted by Crippen LogP contribution is -2.14. The lowest BCUT2D eigenvalue weighted by atomic mass is 10.0. The first kappa shape index (κ1) is 17.3. The van der Waals surface area contributed by atoms with Gasteiger partial charge in [-0.15, -0.1) is 0 Å². The normalized spacial score (nSPS) is 22.7. The largest absolute Gasteiger partial charge is 0.399 e. The molecule has 0 bridgehead atoms. The average Bonchev–Trinajstić information content (AvgIpc) is 3.03. The summed E-state index contributed by atoms with van der Waals surface area (Å²) in [5.41, 5.74) is 4.02. The minimum atomic E-state index is -0.278. The zero-order chi connectivity index (χ0) is 18.1. The van der Waals surface area contributed by atoms with E-state index < -0.39 is 0 Å². The summed E-state index contributed by atoms with van der Waals surface area (Å²) < 4.78 is 0. The van der Waals surface area contributed by atoms with Crippen molar-refractivity contribution < 1.29 is 9.63 Å². The number of fused-ring (bicyclic) bond motifs is 1. The first-order valence-corrected chi connectivity index (χ1v) is 8.19. The molecule has 0 spiro atoms. The summed E-state index contributed by atoms with van der Waals surface area (Å²) in [4.78, 5) is 17.5. The third-order valence-electron chi connectivity index (χ3n) is 3.79.